The summed E-state index contributed by atoms with van der Waals surface area (Å²) in [7, 11) is 1.69. The van der Waals surface area contributed by atoms with Crippen molar-refractivity contribution in [2.45, 2.75) is 106 Å². The van der Waals surface area contributed by atoms with Gasteiger partial charge in [0.15, 0.2) is 0 Å². The Labute approximate surface area is 261 Å². The number of rotatable bonds is 18. The molecule has 0 saturated carbocycles. The number of nitrogens with one attached hydrogen (secondary N) is 1. The minimum absolute atomic E-state index is 0. The maximum absolute atomic E-state index is 13.0. The van der Waals surface area contributed by atoms with E-state index in [-0.39, 0.29) is 48.5 Å². The predicted octanol–water partition coefficient (Wildman–Crippen LogP) is 5.00. The van der Waals surface area contributed by atoms with Crippen molar-refractivity contribution in [1.29, 1.82) is 0 Å². The first kappa shape index (κ1) is 40.1. The third-order valence-corrected chi connectivity index (χ3v) is 8.12. The predicted molar refractivity (Wildman–Crippen MR) is 174 cm³/mol. The lowest BCUT2D eigenvalue weighted by Gasteiger charge is -2.31. The topological polar surface area (TPSA) is 137 Å². The van der Waals surface area contributed by atoms with Crippen molar-refractivity contribution in [3.8, 4) is 5.75 Å². The zero-order chi connectivity index (χ0) is 31.5. The van der Waals surface area contributed by atoms with Crippen LogP contribution in [0.25, 0.3) is 0 Å². The van der Waals surface area contributed by atoms with E-state index in [1.165, 1.54) is 11.1 Å². The van der Waals surface area contributed by atoms with Crippen molar-refractivity contribution in [1.82, 2.24) is 5.32 Å². The van der Waals surface area contributed by atoms with Crippen LogP contribution in [0.3, 0.4) is 0 Å². The Morgan fingerprint density at radius 3 is 2.12 bits per heavy atom. The van der Waals surface area contributed by atoms with Crippen LogP contribution in [0.4, 0.5) is 0 Å². The summed E-state index contributed by atoms with van der Waals surface area (Å²) >= 11 is 0. The average Bonchev–Trinajstić information content (AvgIpc) is 2.86. The van der Waals surface area contributed by atoms with Gasteiger partial charge in [-0.3, -0.25) is 9.59 Å². The number of amides is 2. The van der Waals surface area contributed by atoms with E-state index >= 15 is 0 Å². The summed E-state index contributed by atoms with van der Waals surface area (Å²) in [5, 5.41) is 14.0. The second kappa shape index (κ2) is 18.1. The number of carbonyl (C=O) groups is 2. The van der Waals surface area contributed by atoms with Crippen LogP contribution in [0.1, 0.15) is 92.7 Å². The molecule has 6 N–H and O–H groups in total. The van der Waals surface area contributed by atoms with Gasteiger partial charge >= 0.3 is 0 Å². The lowest BCUT2D eigenvalue weighted by Crippen LogP contribution is -2.46. The summed E-state index contributed by atoms with van der Waals surface area (Å²) in [4.78, 5) is 24.6. The second-order valence-corrected chi connectivity index (χ2v) is 14.0. The first-order valence-electron chi connectivity index (χ1n) is 15.2. The van der Waals surface area contributed by atoms with Gasteiger partial charge in [-0.05, 0) is 73.5 Å². The minimum Gasteiger partial charge on any atom is -0.493 e. The Bertz CT molecular complexity index is 961. The Hall–Kier alpha value is -1.87. The molecular weight excluding hydrogens is 554 g/mol. The molecule has 2 amide bonds. The molecule has 244 valence electrons. The Morgan fingerprint density at radius 1 is 1.00 bits per heavy atom. The summed E-state index contributed by atoms with van der Waals surface area (Å²) < 4.78 is 11.4. The molecule has 0 aromatic heterocycles. The summed E-state index contributed by atoms with van der Waals surface area (Å²) in [6, 6.07) is 6.01. The first-order chi connectivity index (χ1) is 18.9. The molecule has 0 bridgehead atoms. The van der Waals surface area contributed by atoms with Gasteiger partial charge in [0.2, 0.25) is 11.8 Å². The monoisotopic (exact) mass is 613 g/mol. The normalized spacial score (nSPS) is 15.1. The van der Waals surface area contributed by atoms with E-state index in [0.29, 0.717) is 25.6 Å². The maximum Gasteiger partial charge on any atom is 0.224 e. The lowest BCUT2D eigenvalue weighted by molar-refractivity contribution is -0.130. The Kier molecular flexibility index (Phi) is 17.3. The fraction of sp³-hybridized carbons (Fsp3) is 0.758. The van der Waals surface area contributed by atoms with Crippen LogP contribution in [0, 0.1) is 29.1 Å². The van der Waals surface area contributed by atoms with Gasteiger partial charge in [-0.25, -0.2) is 0 Å². The second-order valence-electron chi connectivity index (χ2n) is 14.0. The fourth-order valence-electron chi connectivity index (χ4n) is 4.86. The highest BCUT2D eigenvalue weighted by atomic mass is 35.5. The average molecular weight is 614 g/mol. The maximum atomic E-state index is 13.0. The van der Waals surface area contributed by atoms with E-state index in [1.807, 2.05) is 13.8 Å². The number of aliphatic hydroxyl groups is 1. The minimum atomic E-state index is -0.851. The molecule has 0 spiro atoms. The Morgan fingerprint density at radius 2 is 1.62 bits per heavy atom. The van der Waals surface area contributed by atoms with E-state index in [2.05, 4.69) is 58.1 Å². The highest BCUT2D eigenvalue weighted by Crippen LogP contribution is 2.34. The number of hydrogen-bond acceptors (Lipinski definition) is 6. The van der Waals surface area contributed by atoms with Crippen LogP contribution in [0.5, 0.6) is 5.75 Å². The summed E-state index contributed by atoms with van der Waals surface area (Å²) in [5.41, 5.74) is 13.5. The number of ether oxygens (including phenoxy) is 2. The summed E-state index contributed by atoms with van der Waals surface area (Å²) in [5.74, 6) is 0.392. The van der Waals surface area contributed by atoms with Gasteiger partial charge in [-0.2, -0.15) is 0 Å². The van der Waals surface area contributed by atoms with E-state index in [1.54, 1.807) is 21.0 Å². The van der Waals surface area contributed by atoms with Crippen LogP contribution in [0.2, 0.25) is 0 Å². The van der Waals surface area contributed by atoms with Crippen LogP contribution in [-0.4, -0.2) is 55.9 Å². The first-order valence-corrected chi connectivity index (χ1v) is 15.2. The standard InChI is InChI=1S/C33H59N3O5.ClH/c1-21(2)24(16-23-12-13-26(32(5,6)7)29(17-23)41-15-11-14-40-10)18-27(34)28(37)19-25(22(3)4)30(38)36-20-33(8,9)31(35)39;/h12-13,17,21-22,24-25,27-28,37H,11,14-16,18-20,34H2,1-10H3,(H2,35,39)(H,36,38);1H/t24-,25-,27-,28-;/m0./s1. The van der Waals surface area contributed by atoms with Gasteiger partial charge in [0.25, 0.3) is 0 Å². The van der Waals surface area contributed by atoms with Crippen LogP contribution in [-0.2, 0) is 26.2 Å². The van der Waals surface area contributed by atoms with E-state index in [0.717, 1.165) is 18.6 Å². The summed E-state index contributed by atoms with van der Waals surface area (Å²) in [6.45, 7) is 19.6. The van der Waals surface area contributed by atoms with Gasteiger partial charge in [0, 0.05) is 38.6 Å². The molecule has 1 aromatic carbocycles. The molecule has 0 unspecified atom stereocenters. The highest BCUT2D eigenvalue weighted by molar-refractivity contribution is 5.85. The van der Waals surface area contributed by atoms with Crippen molar-refractivity contribution < 1.29 is 24.2 Å². The van der Waals surface area contributed by atoms with Gasteiger partial charge in [-0.1, -0.05) is 60.6 Å². The molecule has 0 aliphatic heterocycles. The third-order valence-electron chi connectivity index (χ3n) is 8.12. The quantitative estimate of drug-likeness (QED) is 0.172. The number of aliphatic hydroxyl groups excluding tert-OH is 1. The molecule has 1 rings (SSSR count). The number of benzene rings is 1. The number of primary amides is 1. The van der Waals surface area contributed by atoms with Gasteiger partial charge < -0.3 is 31.4 Å². The number of hydrogen-bond donors (Lipinski definition) is 4. The lowest BCUT2D eigenvalue weighted by atomic mass is 9.80. The number of methoxy groups -OCH3 is 1. The SMILES string of the molecule is COCCCOc1cc(C[C@@H](C[C@H](N)[C@@H](O)C[C@H](C(=O)NCC(C)(C)C(N)=O)C(C)C)C(C)C)ccc1C(C)(C)C.Cl. The Balaban J connectivity index is 0.0000168. The molecule has 4 atom stereocenters. The third kappa shape index (κ3) is 13.2. The molecule has 0 radical (unpaired) electrons. The number of nitrogens with two attached hydrogens (primary N) is 2. The summed E-state index contributed by atoms with van der Waals surface area (Å²) in [6.07, 6.45) is 1.69. The van der Waals surface area contributed by atoms with Crippen molar-refractivity contribution in [3.63, 3.8) is 0 Å². The zero-order valence-electron chi connectivity index (χ0n) is 27.8. The molecule has 8 nitrogen and oxygen atoms in total. The van der Waals surface area contributed by atoms with Gasteiger partial charge in [-0.15, -0.1) is 12.4 Å². The van der Waals surface area contributed by atoms with Crippen LogP contribution < -0.4 is 21.5 Å². The van der Waals surface area contributed by atoms with Crippen LogP contribution >= 0.6 is 12.4 Å². The van der Waals surface area contributed by atoms with Crippen LogP contribution in [0.15, 0.2) is 18.2 Å². The molecule has 1 aromatic rings. The molecule has 0 saturated heterocycles. The van der Waals surface area contributed by atoms with E-state index in [9.17, 15) is 14.7 Å². The molecule has 0 aliphatic carbocycles. The number of carbonyl (C=O) groups excluding carboxylic acids is 2. The van der Waals surface area contributed by atoms with Gasteiger partial charge in [0.1, 0.15) is 5.75 Å². The van der Waals surface area contributed by atoms with E-state index in [4.69, 9.17) is 20.9 Å². The fourth-order valence-corrected chi connectivity index (χ4v) is 4.86. The smallest absolute Gasteiger partial charge is 0.224 e. The molecule has 9 heteroatoms. The number of halogens is 1. The van der Waals surface area contributed by atoms with Gasteiger partial charge in [0.05, 0.1) is 18.1 Å². The molecule has 0 aliphatic rings. The van der Waals surface area contributed by atoms with E-state index < -0.39 is 29.4 Å². The van der Waals surface area contributed by atoms with Crippen molar-refractivity contribution in [2.24, 2.45) is 40.6 Å². The molecule has 0 fully saturated rings. The van der Waals surface area contributed by atoms with Crippen molar-refractivity contribution in [2.75, 3.05) is 26.9 Å². The molecular formula is C33H60ClN3O5. The molecule has 42 heavy (non-hydrogen) atoms. The largest absolute Gasteiger partial charge is 0.493 e. The van der Waals surface area contributed by atoms with Crippen molar-refractivity contribution >= 4 is 24.2 Å². The van der Waals surface area contributed by atoms with Crippen molar-refractivity contribution in [3.05, 3.63) is 29.3 Å². The zero-order valence-corrected chi connectivity index (χ0v) is 28.6. The molecule has 0 heterocycles. The highest BCUT2D eigenvalue weighted by Gasteiger charge is 2.32.